The molecule has 0 N–H and O–H groups in total. The van der Waals surface area contributed by atoms with E-state index in [2.05, 4.69) is 67.6 Å². The molecule has 0 saturated heterocycles. The van der Waals surface area contributed by atoms with Crippen LogP contribution >= 0.6 is 0 Å². The van der Waals surface area contributed by atoms with Gasteiger partial charge in [0.15, 0.2) is 0 Å². The van der Waals surface area contributed by atoms with Gasteiger partial charge in [0.2, 0.25) is 0 Å². The first kappa shape index (κ1) is 27.4. The van der Waals surface area contributed by atoms with Crippen molar-refractivity contribution in [3.8, 4) is 11.1 Å². The Balaban J connectivity index is 0.00000132. The molecule has 198 valence electrons. The van der Waals surface area contributed by atoms with Gasteiger partial charge in [-0.1, -0.05) is 0 Å². The number of fused-ring (bicyclic) bond motifs is 3. The smallest absolute Gasteiger partial charge is 1.00 e. The van der Waals surface area contributed by atoms with Crippen LogP contribution in [0.3, 0.4) is 0 Å². The number of halogens is 2. The number of benzene rings is 2. The fourth-order valence-electron chi connectivity index (χ4n) is 10.1. The molecule has 3 heteroatoms. The average molecular weight is 623 g/mol. The van der Waals surface area contributed by atoms with Crippen LogP contribution in [-0.4, -0.2) is 3.21 Å². The van der Waals surface area contributed by atoms with Crippen LogP contribution in [0.15, 0.2) is 64.0 Å². The Hall–Kier alpha value is -0.747. The number of rotatable bonds is 3. The molecule has 0 aliphatic heterocycles. The van der Waals surface area contributed by atoms with E-state index < -0.39 is 21.3 Å². The Morgan fingerprint density at radius 2 is 1.42 bits per heavy atom. The van der Waals surface area contributed by atoms with Crippen LogP contribution in [0.4, 0.5) is 0 Å². The summed E-state index contributed by atoms with van der Waals surface area (Å²) >= 11 is -2.17. The number of allylic oxidation sites excluding steroid dienone is 4. The maximum absolute atomic E-state index is 2.90. The fraction of sp³-hybridized carbons (Fsp3) is 0.514. The van der Waals surface area contributed by atoms with Crippen LogP contribution in [0, 0.1) is 28.6 Å². The zero-order valence-corrected chi connectivity index (χ0v) is 26.7. The van der Waals surface area contributed by atoms with E-state index in [1.165, 1.54) is 56.9 Å². The van der Waals surface area contributed by atoms with Gasteiger partial charge in [0, 0.05) is 0 Å². The predicted molar refractivity (Wildman–Crippen MR) is 148 cm³/mol. The Bertz CT molecular complexity index is 1300. The van der Waals surface area contributed by atoms with Gasteiger partial charge in [-0.2, -0.15) is 0 Å². The zero-order valence-electron chi connectivity index (χ0n) is 22.7. The normalized spacial score (nSPS) is 33.5. The van der Waals surface area contributed by atoms with Crippen LogP contribution in [0.2, 0.25) is 0 Å². The summed E-state index contributed by atoms with van der Waals surface area (Å²) in [5.41, 5.74) is 7.14. The molecular weight excluding hydrogens is 583 g/mol. The van der Waals surface area contributed by atoms with Gasteiger partial charge in [-0.15, -0.1) is 0 Å². The second-order valence-corrected chi connectivity index (χ2v) is 19.9. The van der Waals surface area contributed by atoms with E-state index in [0.717, 1.165) is 24.2 Å². The van der Waals surface area contributed by atoms with Crippen LogP contribution in [0.25, 0.3) is 11.1 Å². The molecule has 2 aromatic rings. The molecule has 0 nitrogen and oxygen atoms in total. The van der Waals surface area contributed by atoms with E-state index in [0.29, 0.717) is 10.8 Å². The molecule has 4 bridgehead atoms. The molecule has 7 aliphatic rings. The van der Waals surface area contributed by atoms with Crippen molar-refractivity contribution in [1.29, 1.82) is 0 Å². The van der Waals surface area contributed by atoms with Crippen LogP contribution < -0.4 is 28.1 Å². The SMILES string of the molecule is CC1(C23CC4CC(CC(C4)C2)C3)C=C[C]([Zr+2](=[C]2CCCCC2)[c]2cccc3c2Cc2ccccc2-3)=C1.[Cl-].[Cl-]. The second kappa shape index (κ2) is 10.3. The molecule has 9 rings (SSSR count). The summed E-state index contributed by atoms with van der Waals surface area (Å²) in [6.07, 6.45) is 25.8. The Morgan fingerprint density at radius 3 is 2.13 bits per heavy atom. The van der Waals surface area contributed by atoms with E-state index in [-0.39, 0.29) is 24.8 Å². The Labute approximate surface area is 249 Å². The monoisotopic (exact) mass is 620 g/mol. The van der Waals surface area contributed by atoms with Crippen molar-refractivity contribution in [2.75, 3.05) is 0 Å². The molecule has 0 radical (unpaired) electrons. The summed E-state index contributed by atoms with van der Waals surface area (Å²) in [6, 6.07) is 16.6. The topological polar surface area (TPSA) is 0 Å². The van der Waals surface area contributed by atoms with Crippen molar-refractivity contribution < 1.29 is 46.1 Å². The first-order valence-corrected chi connectivity index (χ1v) is 18.6. The predicted octanol–water partition coefficient (Wildman–Crippen LogP) is 2.32. The minimum Gasteiger partial charge on any atom is -1.00 e. The van der Waals surface area contributed by atoms with E-state index in [4.69, 9.17) is 0 Å². The van der Waals surface area contributed by atoms with E-state index in [1.807, 2.05) is 9.76 Å². The minimum absolute atomic E-state index is 0. The minimum atomic E-state index is -2.17. The Kier molecular flexibility index (Phi) is 7.41. The van der Waals surface area contributed by atoms with E-state index in [9.17, 15) is 0 Å². The summed E-state index contributed by atoms with van der Waals surface area (Å²) in [5.74, 6) is 3.09. The zero-order chi connectivity index (χ0) is 23.9. The third-order valence-corrected chi connectivity index (χ3v) is 19.1. The summed E-state index contributed by atoms with van der Waals surface area (Å²) in [6.45, 7) is 2.65. The van der Waals surface area contributed by atoms with Gasteiger partial charge in [0.05, 0.1) is 0 Å². The molecule has 1 atom stereocenters. The third kappa shape index (κ3) is 4.20. The molecule has 5 fully saturated rings. The van der Waals surface area contributed by atoms with Crippen molar-refractivity contribution in [1.82, 2.24) is 0 Å². The van der Waals surface area contributed by atoms with Gasteiger partial charge >= 0.3 is 227 Å². The molecule has 0 spiro atoms. The summed E-state index contributed by atoms with van der Waals surface area (Å²) in [5, 5.41) is 0. The maximum atomic E-state index is 2.90. The largest absolute Gasteiger partial charge is 1.00 e. The van der Waals surface area contributed by atoms with Crippen molar-refractivity contribution >= 4 is 6.48 Å². The fourth-order valence-corrected chi connectivity index (χ4v) is 18.6. The first-order valence-electron chi connectivity index (χ1n) is 15.0. The quantitative estimate of drug-likeness (QED) is 0.421. The number of hydrogen-bond donors (Lipinski definition) is 0. The second-order valence-electron chi connectivity index (χ2n) is 13.6. The standard InChI is InChI=1S/C16H21.C13H9.C6H10.2ClH.Zr/c1-15(4-2-3-5-15)16-9-12-6-13(10-16)8-14(7-12)11-16;1-3-7-12-10(5-1)9-11-6-2-4-8-13(11)12;1-2-4-6-5-3-1;;;/h2,4-5,12-14H,6-11H2,1H3;1-5,7-8H,9H2;1-5H2;2*1H;/q;;;;;+2/p-2. The van der Waals surface area contributed by atoms with Gasteiger partial charge in [-0.05, 0) is 0 Å². The van der Waals surface area contributed by atoms with Crippen LogP contribution in [-0.2, 0) is 27.7 Å². The van der Waals surface area contributed by atoms with Crippen molar-refractivity contribution in [3.05, 3.63) is 75.1 Å². The summed E-state index contributed by atoms with van der Waals surface area (Å²) < 4.78 is 5.66. The molecule has 5 saturated carbocycles. The Morgan fingerprint density at radius 1 is 0.763 bits per heavy atom. The van der Waals surface area contributed by atoms with E-state index in [1.54, 1.807) is 36.0 Å². The summed E-state index contributed by atoms with van der Waals surface area (Å²) in [7, 11) is 0. The van der Waals surface area contributed by atoms with E-state index >= 15 is 0 Å². The van der Waals surface area contributed by atoms with Crippen molar-refractivity contribution in [2.24, 2.45) is 28.6 Å². The molecule has 7 aliphatic carbocycles. The number of hydrogen-bond acceptors (Lipinski definition) is 0. The maximum Gasteiger partial charge on any atom is -1.00 e. The molecule has 0 amide bonds. The van der Waals surface area contributed by atoms with Gasteiger partial charge in [0.1, 0.15) is 0 Å². The van der Waals surface area contributed by atoms with Gasteiger partial charge in [-0.25, -0.2) is 0 Å². The van der Waals surface area contributed by atoms with Crippen LogP contribution in [0.5, 0.6) is 0 Å². The van der Waals surface area contributed by atoms with Gasteiger partial charge in [-0.3, -0.25) is 0 Å². The molecule has 38 heavy (non-hydrogen) atoms. The van der Waals surface area contributed by atoms with Gasteiger partial charge < -0.3 is 24.8 Å². The average Bonchev–Trinajstić information content (AvgIpc) is 3.47. The van der Waals surface area contributed by atoms with Crippen molar-refractivity contribution in [2.45, 2.75) is 84.0 Å². The molecular formula is C35H40Cl2Zr. The van der Waals surface area contributed by atoms with Gasteiger partial charge in [0.25, 0.3) is 0 Å². The molecule has 2 aromatic carbocycles. The molecule has 1 unspecified atom stereocenters. The molecule has 0 heterocycles. The summed E-state index contributed by atoms with van der Waals surface area (Å²) in [4.78, 5) is 0. The molecule has 0 aromatic heterocycles. The third-order valence-electron chi connectivity index (χ3n) is 11.5. The van der Waals surface area contributed by atoms with Crippen LogP contribution in [0.1, 0.15) is 88.7 Å². The van der Waals surface area contributed by atoms with Crippen molar-refractivity contribution in [3.63, 3.8) is 0 Å². The first-order chi connectivity index (χ1) is 17.6.